The van der Waals surface area contributed by atoms with Gasteiger partial charge in [-0.05, 0) is 12.6 Å². The van der Waals surface area contributed by atoms with Gasteiger partial charge in [-0.15, -0.1) is 0 Å². The molecule has 16 heavy (non-hydrogen) atoms. The molecule has 82 valence electrons. The van der Waals surface area contributed by atoms with Gasteiger partial charge in [0.25, 0.3) is 0 Å². The maximum absolute atomic E-state index is 12.0. The second-order valence-electron chi connectivity index (χ2n) is 3.79. The number of hydrogen-bond donors (Lipinski definition) is 0. The summed E-state index contributed by atoms with van der Waals surface area (Å²) in [6.45, 7) is 4.14. The van der Waals surface area contributed by atoms with Crippen molar-refractivity contribution in [1.29, 1.82) is 0 Å². The van der Waals surface area contributed by atoms with E-state index in [0.29, 0.717) is 18.5 Å². The molecule has 1 fully saturated rings. The maximum Gasteiger partial charge on any atom is 0.237 e. The number of rotatable bonds is 3. The fourth-order valence-corrected chi connectivity index (χ4v) is 1.93. The summed E-state index contributed by atoms with van der Waals surface area (Å²) in [5.74, 6) is -0.751. The molecule has 0 spiro atoms. The van der Waals surface area contributed by atoms with Crippen molar-refractivity contribution in [3.05, 3.63) is 48.7 Å². The van der Waals surface area contributed by atoms with Crippen LogP contribution in [-0.2, 0) is 4.79 Å². The van der Waals surface area contributed by atoms with Crippen LogP contribution >= 0.6 is 0 Å². The van der Waals surface area contributed by atoms with E-state index in [9.17, 15) is 9.59 Å². The summed E-state index contributed by atoms with van der Waals surface area (Å²) in [6.07, 6.45) is 2.07. The number of benzene rings is 1. The van der Waals surface area contributed by atoms with E-state index in [2.05, 4.69) is 6.58 Å². The van der Waals surface area contributed by atoms with Crippen LogP contribution in [0.4, 0.5) is 0 Å². The molecular weight excluding hydrogens is 202 g/mol. The van der Waals surface area contributed by atoms with Gasteiger partial charge in [-0.3, -0.25) is 9.59 Å². The zero-order chi connectivity index (χ0) is 11.5. The zero-order valence-corrected chi connectivity index (χ0v) is 8.93. The molecule has 3 nitrogen and oxygen atoms in total. The van der Waals surface area contributed by atoms with Crippen molar-refractivity contribution in [3.8, 4) is 0 Å². The Hall–Kier alpha value is -1.90. The molecule has 1 aliphatic rings. The third-order valence-corrected chi connectivity index (χ3v) is 2.84. The van der Waals surface area contributed by atoms with Crippen molar-refractivity contribution in [1.82, 2.24) is 4.90 Å². The van der Waals surface area contributed by atoms with E-state index < -0.39 is 5.92 Å². The first-order valence-electron chi connectivity index (χ1n) is 5.26. The minimum atomic E-state index is -0.527. The van der Waals surface area contributed by atoms with Crippen LogP contribution in [0.3, 0.4) is 0 Å². The molecule has 1 aromatic rings. The molecule has 1 atom stereocenters. The van der Waals surface area contributed by atoms with Crippen molar-refractivity contribution in [3.63, 3.8) is 0 Å². The van der Waals surface area contributed by atoms with Crippen LogP contribution in [0.5, 0.6) is 0 Å². The Bertz CT molecular complexity index is 425. The van der Waals surface area contributed by atoms with Gasteiger partial charge in [0, 0.05) is 12.1 Å². The minimum absolute atomic E-state index is 0.0880. The van der Waals surface area contributed by atoms with E-state index in [-0.39, 0.29) is 11.7 Å². The SMILES string of the molecule is C=CN1CC[C@@H](C(=O)c2ccccc2)C1=O. The fourth-order valence-electron chi connectivity index (χ4n) is 1.93. The summed E-state index contributed by atoms with van der Waals surface area (Å²) < 4.78 is 0. The van der Waals surface area contributed by atoms with E-state index in [0.717, 1.165) is 0 Å². The molecule has 0 bridgehead atoms. The molecule has 1 amide bonds. The minimum Gasteiger partial charge on any atom is -0.319 e. The molecule has 1 heterocycles. The van der Waals surface area contributed by atoms with Crippen LogP contribution in [0, 0.1) is 5.92 Å². The second kappa shape index (κ2) is 4.31. The van der Waals surface area contributed by atoms with Gasteiger partial charge in [-0.2, -0.15) is 0 Å². The number of amides is 1. The van der Waals surface area contributed by atoms with Gasteiger partial charge in [-0.25, -0.2) is 0 Å². The first kappa shape index (κ1) is 10.6. The highest BCUT2D eigenvalue weighted by atomic mass is 16.2. The van der Waals surface area contributed by atoms with Crippen molar-refractivity contribution in [2.45, 2.75) is 6.42 Å². The van der Waals surface area contributed by atoms with Gasteiger partial charge in [0.05, 0.1) is 0 Å². The molecule has 0 aliphatic carbocycles. The third-order valence-electron chi connectivity index (χ3n) is 2.84. The second-order valence-corrected chi connectivity index (χ2v) is 3.79. The van der Waals surface area contributed by atoms with Crippen molar-refractivity contribution in [2.24, 2.45) is 5.92 Å². The van der Waals surface area contributed by atoms with E-state index in [1.807, 2.05) is 6.07 Å². The topological polar surface area (TPSA) is 37.4 Å². The molecule has 0 radical (unpaired) electrons. The monoisotopic (exact) mass is 215 g/mol. The Morgan fingerprint density at radius 1 is 1.38 bits per heavy atom. The van der Waals surface area contributed by atoms with Crippen molar-refractivity contribution < 1.29 is 9.59 Å². The molecule has 0 N–H and O–H groups in total. The van der Waals surface area contributed by atoms with Gasteiger partial charge >= 0.3 is 0 Å². The van der Waals surface area contributed by atoms with Crippen molar-refractivity contribution >= 4 is 11.7 Å². The molecule has 0 aromatic heterocycles. The fraction of sp³-hybridized carbons (Fsp3) is 0.231. The van der Waals surface area contributed by atoms with Gasteiger partial charge in [0.15, 0.2) is 5.78 Å². The predicted molar refractivity (Wildman–Crippen MR) is 60.8 cm³/mol. The lowest BCUT2D eigenvalue weighted by atomic mass is 9.96. The smallest absolute Gasteiger partial charge is 0.237 e. The number of nitrogens with zero attached hydrogens (tertiary/aromatic N) is 1. The van der Waals surface area contributed by atoms with E-state index in [4.69, 9.17) is 0 Å². The highest BCUT2D eigenvalue weighted by Gasteiger charge is 2.35. The number of carbonyl (C=O) groups is 2. The predicted octanol–water partition coefficient (Wildman–Crippen LogP) is 1.86. The van der Waals surface area contributed by atoms with E-state index in [1.54, 1.807) is 24.3 Å². The zero-order valence-electron chi connectivity index (χ0n) is 8.93. The Labute approximate surface area is 94.4 Å². The average Bonchev–Trinajstić information content (AvgIpc) is 2.70. The molecule has 1 aliphatic heterocycles. The number of carbonyl (C=O) groups excluding carboxylic acids is 2. The average molecular weight is 215 g/mol. The van der Waals surface area contributed by atoms with Crippen molar-refractivity contribution in [2.75, 3.05) is 6.54 Å². The molecule has 1 saturated heterocycles. The number of Topliss-reactive ketones (excluding diaryl/α,β-unsaturated/α-hetero) is 1. The number of hydrogen-bond acceptors (Lipinski definition) is 2. The molecular formula is C13H13NO2. The maximum atomic E-state index is 12.0. The molecule has 0 unspecified atom stereocenters. The first-order chi connectivity index (χ1) is 7.74. The third kappa shape index (κ3) is 1.76. The van der Waals surface area contributed by atoms with Crippen LogP contribution in [0.2, 0.25) is 0 Å². The van der Waals surface area contributed by atoms with E-state index >= 15 is 0 Å². The quantitative estimate of drug-likeness (QED) is 0.570. The van der Waals surface area contributed by atoms with Gasteiger partial charge in [0.1, 0.15) is 5.92 Å². The van der Waals surface area contributed by atoms with Crippen LogP contribution in [-0.4, -0.2) is 23.1 Å². The Morgan fingerprint density at radius 2 is 2.06 bits per heavy atom. The highest BCUT2D eigenvalue weighted by molar-refractivity contribution is 6.11. The molecule has 2 rings (SSSR count). The Kier molecular flexibility index (Phi) is 2.86. The largest absolute Gasteiger partial charge is 0.319 e. The molecule has 1 aromatic carbocycles. The summed E-state index contributed by atoms with van der Waals surface area (Å²) in [5, 5.41) is 0. The Morgan fingerprint density at radius 3 is 2.62 bits per heavy atom. The Balaban J connectivity index is 2.19. The van der Waals surface area contributed by atoms with Crippen LogP contribution in [0.15, 0.2) is 43.1 Å². The summed E-state index contributed by atoms with van der Waals surface area (Å²) in [4.78, 5) is 25.3. The number of ketones is 1. The first-order valence-corrected chi connectivity index (χ1v) is 5.26. The summed E-state index contributed by atoms with van der Waals surface area (Å²) in [6, 6.07) is 8.94. The number of likely N-dealkylation sites (tertiary alicyclic amines) is 1. The molecule has 0 saturated carbocycles. The molecule has 3 heteroatoms. The standard InChI is InChI=1S/C13H13NO2/c1-2-14-9-8-11(13(14)16)12(15)10-6-4-3-5-7-10/h2-7,11H,1,8-9H2/t11-/m0/s1. The van der Waals surface area contributed by atoms with Gasteiger partial charge in [-0.1, -0.05) is 36.9 Å². The van der Waals surface area contributed by atoms with E-state index in [1.165, 1.54) is 11.1 Å². The highest BCUT2D eigenvalue weighted by Crippen LogP contribution is 2.22. The van der Waals surface area contributed by atoms with Crippen LogP contribution < -0.4 is 0 Å². The normalized spacial score (nSPS) is 19.9. The lowest BCUT2D eigenvalue weighted by Crippen LogP contribution is -2.26. The van der Waals surface area contributed by atoms with Crippen LogP contribution in [0.1, 0.15) is 16.8 Å². The van der Waals surface area contributed by atoms with Gasteiger partial charge in [0.2, 0.25) is 5.91 Å². The lowest BCUT2D eigenvalue weighted by molar-refractivity contribution is -0.127. The van der Waals surface area contributed by atoms with Crippen LogP contribution in [0.25, 0.3) is 0 Å². The summed E-state index contributed by atoms with van der Waals surface area (Å²) in [5.41, 5.74) is 0.603. The summed E-state index contributed by atoms with van der Waals surface area (Å²) in [7, 11) is 0. The summed E-state index contributed by atoms with van der Waals surface area (Å²) >= 11 is 0. The lowest BCUT2D eigenvalue weighted by Gasteiger charge is -2.10. The van der Waals surface area contributed by atoms with Gasteiger partial charge < -0.3 is 4.90 Å².